The van der Waals surface area contributed by atoms with Crippen LogP contribution >= 0.6 is 18.1 Å². The van der Waals surface area contributed by atoms with Crippen LogP contribution < -0.4 is 4.52 Å². The van der Waals surface area contributed by atoms with E-state index in [2.05, 4.69) is 4.98 Å². The van der Waals surface area contributed by atoms with Gasteiger partial charge >= 0.3 is 18.7 Å². The smallest absolute Gasteiger partial charge is 0.382 e. The Morgan fingerprint density at radius 1 is 1.00 bits per heavy atom. The Hall–Kier alpha value is -1.06. The van der Waals surface area contributed by atoms with E-state index in [-0.39, 0.29) is 42.2 Å². The van der Waals surface area contributed by atoms with Gasteiger partial charge in [-0.25, -0.2) is 9.59 Å². The highest BCUT2D eigenvalue weighted by Crippen LogP contribution is 2.50. The molecule has 24 heavy (non-hydrogen) atoms. The van der Waals surface area contributed by atoms with Crippen molar-refractivity contribution in [2.45, 2.75) is 27.7 Å². The number of hydrogen-bond donors (Lipinski definition) is 0. The molecule has 0 aliphatic carbocycles. The predicted molar refractivity (Wildman–Crippen MR) is 92.2 cm³/mol. The van der Waals surface area contributed by atoms with Crippen LogP contribution in [0, 0.1) is 0 Å². The Balaban J connectivity index is 3.16. The van der Waals surface area contributed by atoms with Gasteiger partial charge in [0.2, 0.25) is 0 Å². The summed E-state index contributed by atoms with van der Waals surface area (Å²) in [7, 11) is 0. The highest BCUT2D eigenvalue weighted by molar-refractivity contribution is 8.07. The van der Waals surface area contributed by atoms with Crippen molar-refractivity contribution in [2.75, 3.05) is 26.4 Å². The van der Waals surface area contributed by atoms with Crippen molar-refractivity contribution in [1.82, 2.24) is 4.98 Å². The first kappa shape index (κ1) is 21.0. The van der Waals surface area contributed by atoms with E-state index >= 15 is 0 Å². The third kappa shape index (κ3) is 5.78. The van der Waals surface area contributed by atoms with Crippen molar-refractivity contribution < 1.29 is 32.6 Å². The summed E-state index contributed by atoms with van der Waals surface area (Å²) in [5, 5.41) is -0.00802. The SMILES string of the molecule is CCOC(=O)c1nc(OP(=S)(OCC)OCC)sc1C(=O)OCC. The molecule has 1 heterocycles. The zero-order chi connectivity index (χ0) is 18.2. The van der Waals surface area contributed by atoms with Crippen LogP contribution in [0.2, 0.25) is 0 Å². The summed E-state index contributed by atoms with van der Waals surface area (Å²) in [5.74, 6) is -1.43. The van der Waals surface area contributed by atoms with Gasteiger partial charge < -0.3 is 14.0 Å². The number of aromatic nitrogens is 1. The van der Waals surface area contributed by atoms with Crippen LogP contribution in [0.1, 0.15) is 47.9 Å². The standard InChI is InChI=1S/C13H20NO7PS2/c1-5-17-11(15)9-10(12(16)18-6-2)24-13(14-9)21-22(23,19-7-3)20-8-4/h5-8H2,1-4H3. The summed E-state index contributed by atoms with van der Waals surface area (Å²) >= 11 is 6.08. The fraction of sp³-hybridized carbons (Fsp3) is 0.615. The molecule has 1 aromatic heterocycles. The minimum Gasteiger partial charge on any atom is -0.462 e. The topological polar surface area (TPSA) is 93.2 Å². The van der Waals surface area contributed by atoms with Gasteiger partial charge in [0.1, 0.15) is 0 Å². The molecule has 8 nitrogen and oxygen atoms in total. The fourth-order valence-corrected chi connectivity index (χ4v) is 4.67. The van der Waals surface area contributed by atoms with E-state index in [0.717, 1.165) is 11.3 Å². The van der Waals surface area contributed by atoms with E-state index in [9.17, 15) is 9.59 Å². The van der Waals surface area contributed by atoms with E-state index in [1.54, 1.807) is 27.7 Å². The van der Waals surface area contributed by atoms with Gasteiger partial charge in [-0.05, 0) is 27.7 Å². The Morgan fingerprint density at radius 3 is 2.04 bits per heavy atom. The molecule has 11 heteroatoms. The molecule has 1 aromatic rings. The maximum atomic E-state index is 12.0. The average molecular weight is 397 g/mol. The lowest BCUT2D eigenvalue weighted by Crippen LogP contribution is -2.12. The third-order valence-electron chi connectivity index (χ3n) is 2.30. The van der Waals surface area contributed by atoms with E-state index in [1.165, 1.54) is 0 Å². The largest absolute Gasteiger partial charge is 0.462 e. The molecular weight excluding hydrogens is 377 g/mol. The Kier molecular flexibility index (Phi) is 8.79. The van der Waals surface area contributed by atoms with Gasteiger partial charge in [-0.15, -0.1) is 0 Å². The van der Waals surface area contributed by atoms with Gasteiger partial charge in [-0.2, -0.15) is 4.98 Å². The van der Waals surface area contributed by atoms with Crippen molar-refractivity contribution in [3.8, 4) is 5.19 Å². The van der Waals surface area contributed by atoms with Gasteiger partial charge in [0.05, 0.1) is 26.4 Å². The average Bonchev–Trinajstić information content (AvgIpc) is 2.91. The number of rotatable bonds is 10. The van der Waals surface area contributed by atoms with Crippen LogP contribution in [0.25, 0.3) is 0 Å². The molecule has 0 aliphatic heterocycles. The highest BCUT2D eigenvalue weighted by Gasteiger charge is 2.30. The van der Waals surface area contributed by atoms with Crippen LogP contribution in [-0.2, 0) is 30.3 Å². The first-order chi connectivity index (χ1) is 11.4. The zero-order valence-electron chi connectivity index (χ0n) is 13.9. The minimum atomic E-state index is -3.06. The molecule has 0 atom stereocenters. The van der Waals surface area contributed by atoms with Crippen LogP contribution in [0.5, 0.6) is 5.19 Å². The van der Waals surface area contributed by atoms with Crippen LogP contribution in [0.3, 0.4) is 0 Å². The Morgan fingerprint density at radius 2 is 1.54 bits per heavy atom. The summed E-state index contributed by atoms with van der Waals surface area (Å²) in [6, 6.07) is 0. The lowest BCUT2D eigenvalue weighted by molar-refractivity contribution is 0.0478. The first-order valence-corrected chi connectivity index (χ1v) is 10.7. The number of esters is 2. The number of carbonyl (C=O) groups excluding carboxylic acids is 2. The summed E-state index contributed by atoms with van der Waals surface area (Å²) in [6.45, 7) is 4.62. The van der Waals surface area contributed by atoms with Crippen molar-refractivity contribution in [1.29, 1.82) is 0 Å². The molecule has 0 N–H and O–H groups in total. The summed E-state index contributed by atoms with van der Waals surface area (Å²) in [5.41, 5.74) is -0.176. The number of thiazole rings is 1. The second-order valence-electron chi connectivity index (χ2n) is 3.97. The van der Waals surface area contributed by atoms with Crippen molar-refractivity contribution in [2.24, 2.45) is 0 Å². The number of nitrogens with zero attached hydrogens (tertiary/aromatic N) is 1. The zero-order valence-corrected chi connectivity index (χ0v) is 16.4. The van der Waals surface area contributed by atoms with Gasteiger partial charge in [-0.3, -0.25) is 9.05 Å². The minimum absolute atomic E-state index is 0.00802. The second-order valence-corrected chi connectivity index (χ2v) is 7.87. The normalized spacial score (nSPS) is 11.2. The molecule has 0 saturated carbocycles. The quantitative estimate of drug-likeness (QED) is 0.436. The highest BCUT2D eigenvalue weighted by atomic mass is 32.5. The molecule has 0 saturated heterocycles. The van der Waals surface area contributed by atoms with Crippen molar-refractivity contribution >= 4 is 41.8 Å². The van der Waals surface area contributed by atoms with Crippen molar-refractivity contribution in [3.05, 3.63) is 10.6 Å². The third-order valence-corrected chi connectivity index (χ3v) is 5.74. The van der Waals surface area contributed by atoms with Gasteiger partial charge in [0.25, 0.3) is 5.19 Å². The number of ether oxygens (including phenoxy) is 2. The lowest BCUT2D eigenvalue weighted by atomic mass is 10.3. The number of carbonyl (C=O) groups is 2. The number of hydrogen-bond acceptors (Lipinski definition) is 10. The second kappa shape index (κ2) is 10.0. The summed E-state index contributed by atoms with van der Waals surface area (Å²) < 4.78 is 26.1. The maximum absolute atomic E-state index is 12.0. The Labute approximate surface area is 149 Å². The van der Waals surface area contributed by atoms with Crippen molar-refractivity contribution in [3.63, 3.8) is 0 Å². The molecule has 136 valence electrons. The van der Waals surface area contributed by atoms with E-state index < -0.39 is 18.7 Å². The molecule has 0 bridgehead atoms. The maximum Gasteiger partial charge on any atom is 0.382 e. The van der Waals surface area contributed by atoms with Crippen LogP contribution in [0.15, 0.2) is 0 Å². The monoisotopic (exact) mass is 397 g/mol. The molecule has 1 rings (SSSR count). The van der Waals surface area contributed by atoms with Crippen LogP contribution in [0.4, 0.5) is 0 Å². The first-order valence-electron chi connectivity index (χ1n) is 7.34. The molecule has 0 fully saturated rings. The summed E-state index contributed by atoms with van der Waals surface area (Å²) in [6.07, 6.45) is 0. The fourth-order valence-electron chi connectivity index (χ4n) is 1.51. The van der Waals surface area contributed by atoms with Gasteiger partial charge in [0.15, 0.2) is 10.6 Å². The molecule has 0 aliphatic rings. The van der Waals surface area contributed by atoms with Gasteiger partial charge in [0, 0.05) is 11.8 Å². The molecule has 0 amide bonds. The van der Waals surface area contributed by atoms with Gasteiger partial charge in [-0.1, -0.05) is 11.3 Å². The predicted octanol–water partition coefficient (Wildman–Crippen LogP) is 3.17. The molecule has 0 unspecified atom stereocenters. The molecule has 0 spiro atoms. The molecule has 0 radical (unpaired) electrons. The van der Waals surface area contributed by atoms with Crippen LogP contribution in [-0.4, -0.2) is 43.4 Å². The molecular formula is C13H20NO7PS2. The Bertz CT molecular complexity index is 574. The van der Waals surface area contributed by atoms with E-state index in [1.807, 2.05) is 0 Å². The summed E-state index contributed by atoms with van der Waals surface area (Å²) in [4.78, 5) is 28.0. The lowest BCUT2D eigenvalue weighted by Gasteiger charge is -2.18. The van der Waals surface area contributed by atoms with E-state index in [4.69, 9.17) is 34.9 Å². The van der Waals surface area contributed by atoms with E-state index in [0.29, 0.717) is 0 Å². The molecule has 0 aromatic carbocycles.